The minimum absolute atomic E-state index is 0.138. The van der Waals surface area contributed by atoms with Crippen molar-refractivity contribution in [2.45, 2.75) is 71.8 Å². The van der Waals surface area contributed by atoms with E-state index in [0.29, 0.717) is 41.7 Å². The molecule has 8 atom stereocenters. The fourth-order valence-corrected chi connectivity index (χ4v) is 8.42. The quantitative estimate of drug-likeness (QED) is 0.739. The lowest BCUT2D eigenvalue weighted by molar-refractivity contribution is -0.129. The van der Waals surface area contributed by atoms with E-state index >= 15 is 0 Å². The van der Waals surface area contributed by atoms with Crippen LogP contribution in [0.1, 0.15) is 65.7 Å². The minimum Gasteiger partial charge on any atom is -0.373 e. The lowest BCUT2D eigenvalue weighted by Crippen LogP contribution is -2.52. The highest BCUT2D eigenvalue weighted by molar-refractivity contribution is 5.92. The van der Waals surface area contributed by atoms with Crippen LogP contribution in [-0.4, -0.2) is 24.3 Å². The third-order valence-electron chi connectivity index (χ3n) is 9.37. The number of carbonyl (C=O) groups excluding carboxylic acids is 2. The lowest BCUT2D eigenvalue weighted by atomic mass is 9.46. The molecule has 5 rings (SSSR count). The number of ketones is 2. The smallest absolute Gasteiger partial charge is 0.155 e. The Balaban J connectivity index is 1.54. The number of Topliss-reactive ketones (excluding diaryl/α,β-unsaturated/α-hetero) is 1. The molecule has 142 valence electrons. The van der Waals surface area contributed by atoms with E-state index in [1.807, 2.05) is 13.0 Å². The van der Waals surface area contributed by atoms with Crippen LogP contribution in [0.3, 0.4) is 0 Å². The lowest BCUT2D eigenvalue weighted by Gasteiger charge is -2.56. The molecule has 1 heterocycles. The molecule has 2 bridgehead atoms. The van der Waals surface area contributed by atoms with Crippen molar-refractivity contribution in [3.8, 4) is 0 Å². The van der Waals surface area contributed by atoms with Crippen molar-refractivity contribution in [2.75, 3.05) is 6.61 Å². The average molecular weight is 357 g/mol. The Morgan fingerprint density at radius 1 is 1.27 bits per heavy atom. The van der Waals surface area contributed by atoms with Crippen molar-refractivity contribution < 1.29 is 14.3 Å². The number of rotatable bonds is 2. The second-order valence-corrected chi connectivity index (χ2v) is 10.2. The molecule has 3 saturated carbocycles. The van der Waals surface area contributed by atoms with Crippen molar-refractivity contribution in [3.05, 3.63) is 11.6 Å². The van der Waals surface area contributed by atoms with E-state index in [9.17, 15) is 9.59 Å². The monoisotopic (exact) mass is 356 g/mol. The number of hydrogen-bond donors (Lipinski definition) is 0. The van der Waals surface area contributed by atoms with Gasteiger partial charge >= 0.3 is 0 Å². The highest BCUT2D eigenvalue weighted by Gasteiger charge is 2.66. The van der Waals surface area contributed by atoms with Crippen molar-refractivity contribution in [1.29, 1.82) is 0 Å². The molecule has 0 aromatic heterocycles. The van der Waals surface area contributed by atoms with Crippen molar-refractivity contribution >= 4 is 11.6 Å². The molecule has 5 aliphatic rings. The largest absolute Gasteiger partial charge is 0.373 e. The maximum absolute atomic E-state index is 12.6. The van der Waals surface area contributed by atoms with Crippen LogP contribution in [0, 0.1) is 40.4 Å². The first kappa shape index (κ1) is 17.2. The van der Waals surface area contributed by atoms with Gasteiger partial charge in [-0.2, -0.15) is 0 Å². The molecule has 3 nitrogen and oxygen atoms in total. The second-order valence-electron chi connectivity index (χ2n) is 10.2. The Hall–Kier alpha value is -0.960. The minimum atomic E-state index is 0.138. The zero-order valence-corrected chi connectivity index (χ0v) is 16.4. The predicted octanol–water partition coefficient (Wildman–Crippen LogP) is 4.35. The molecule has 0 aromatic carbocycles. The van der Waals surface area contributed by atoms with Gasteiger partial charge in [0.2, 0.25) is 0 Å². The molecule has 4 aliphatic carbocycles. The Morgan fingerprint density at radius 2 is 2.08 bits per heavy atom. The third kappa shape index (κ3) is 1.99. The predicted molar refractivity (Wildman–Crippen MR) is 99.5 cm³/mol. The van der Waals surface area contributed by atoms with E-state index in [-0.39, 0.29) is 22.9 Å². The third-order valence-corrected chi connectivity index (χ3v) is 9.37. The van der Waals surface area contributed by atoms with Gasteiger partial charge in [-0.1, -0.05) is 20.3 Å². The van der Waals surface area contributed by atoms with E-state index in [2.05, 4.69) is 13.8 Å². The van der Waals surface area contributed by atoms with Gasteiger partial charge in [-0.15, -0.1) is 0 Å². The van der Waals surface area contributed by atoms with Gasteiger partial charge in [0.25, 0.3) is 0 Å². The first-order valence-electron chi connectivity index (χ1n) is 10.8. The molecule has 26 heavy (non-hydrogen) atoms. The summed E-state index contributed by atoms with van der Waals surface area (Å²) in [5, 5.41) is 0. The van der Waals surface area contributed by atoms with Crippen molar-refractivity contribution in [3.63, 3.8) is 0 Å². The molecule has 0 amide bonds. The summed E-state index contributed by atoms with van der Waals surface area (Å²) in [6, 6.07) is 0. The van der Waals surface area contributed by atoms with Gasteiger partial charge in [0.15, 0.2) is 5.78 Å². The van der Waals surface area contributed by atoms with E-state index in [1.54, 1.807) is 0 Å². The average Bonchev–Trinajstić information content (AvgIpc) is 3.05. The van der Waals surface area contributed by atoms with Gasteiger partial charge in [0.1, 0.15) is 5.78 Å². The number of carbonyl (C=O) groups is 2. The fourth-order valence-electron chi connectivity index (χ4n) is 8.42. The first-order valence-corrected chi connectivity index (χ1v) is 10.8. The second kappa shape index (κ2) is 5.53. The summed E-state index contributed by atoms with van der Waals surface area (Å²) in [4.78, 5) is 24.6. The summed E-state index contributed by atoms with van der Waals surface area (Å²) < 4.78 is 6.28. The van der Waals surface area contributed by atoms with E-state index in [0.717, 1.165) is 25.9 Å². The van der Waals surface area contributed by atoms with Gasteiger partial charge in [-0.25, -0.2) is 0 Å². The fraction of sp³-hybridized carbons (Fsp3) is 0.826. The van der Waals surface area contributed by atoms with Crippen LogP contribution in [0.5, 0.6) is 0 Å². The topological polar surface area (TPSA) is 43.4 Å². The summed E-state index contributed by atoms with van der Waals surface area (Å²) in [6.45, 7) is 7.34. The molecular formula is C23H32O3. The highest BCUT2D eigenvalue weighted by Crippen LogP contribution is 2.69. The molecule has 1 aliphatic heterocycles. The zero-order chi connectivity index (χ0) is 18.3. The van der Waals surface area contributed by atoms with E-state index < -0.39 is 0 Å². The Kier molecular flexibility index (Phi) is 3.65. The standard InChI is InChI=1S/C23H32O3/c1-4-14-9-18-16-11-20-19-10-15(25)5-8-23(19,12-26-20)17(16)6-7-22(18,3)21(14)13(2)24/h10,14,16-18,20-21H,4-9,11-12H2,1-3H3/t14-,16-,17+,18+,20-,21+,22+,23+/m1/s1. The summed E-state index contributed by atoms with van der Waals surface area (Å²) in [5.41, 5.74) is 1.65. The van der Waals surface area contributed by atoms with Crippen LogP contribution < -0.4 is 0 Å². The number of fused-ring (bicyclic) bond motifs is 3. The number of ether oxygens (including phenoxy) is 1. The molecule has 0 unspecified atom stereocenters. The molecule has 0 radical (unpaired) electrons. The van der Waals surface area contributed by atoms with E-state index in [1.165, 1.54) is 24.8 Å². The molecule has 0 spiro atoms. The first-order chi connectivity index (χ1) is 12.4. The molecule has 1 saturated heterocycles. The van der Waals surface area contributed by atoms with Crippen LogP contribution in [-0.2, 0) is 14.3 Å². The Morgan fingerprint density at radius 3 is 2.81 bits per heavy atom. The van der Waals surface area contributed by atoms with Crippen LogP contribution in [0.25, 0.3) is 0 Å². The molecule has 4 fully saturated rings. The summed E-state index contributed by atoms with van der Waals surface area (Å²) in [6.07, 6.45) is 9.61. The van der Waals surface area contributed by atoms with Gasteiger partial charge in [0, 0.05) is 17.8 Å². The van der Waals surface area contributed by atoms with E-state index in [4.69, 9.17) is 4.74 Å². The summed E-state index contributed by atoms with van der Waals surface area (Å²) in [5.74, 6) is 3.50. The normalized spacial score (nSPS) is 52.1. The maximum Gasteiger partial charge on any atom is 0.155 e. The van der Waals surface area contributed by atoms with Gasteiger partial charge in [0.05, 0.1) is 12.7 Å². The summed E-state index contributed by atoms with van der Waals surface area (Å²) >= 11 is 0. The van der Waals surface area contributed by atoms with Gasteiger partial charge in [-0.05, 0) is 79.8 Å². The highest BCUT2D eigenvalue weighted by atomic mass is 16.5. The molecule has 3 heteroatoms. The van der Waals surface area contributed by atoms with Crippen molar-refractivity contribution in [2.24, 2.45) is 40.4 Å². The van der Waals surface area contributed by atoms with Crippen LogP contribution >= 0.6 is 0 Å². The summed E-state index contributed by atoms with van der Waals surface area (Å²) in [7, 11) is 0. The Labute approximate surface area is 156 Å². The maximum atomic E-state index is 12.6. The van der Waals surface area contributed by atoms with Crippen LogP contribution in [0.2, 0.25) is 0 Å². The molecular weight excluding hydrogens is 324 g/mol. The van der Waals surface area contributed by atoms with Gasteiger partial charge < -0.3 is 4.74 Å². The Bertz CT molecular complexity index is 694. The van der Waals surface area contributed by atoms with Crippen LogP contribution in [0.15, 0.2) is 11.6 Å². The van der Waals surface area contributed by atoms with Crippen molar-refractivity contribution in [1.82, 2.24) is 0 Å². The van der Waals surface area contributed by atoms with Gasteiger partial charge in [-0.3, -0.25) is 9.59 Å². The molecule has 0 N–H and O–H groups in total. The zero-order valence-electron chi connectivity index (χ0n) is 16.4. The SMILES string of the molecule is CC[C@@H]1C[C@H]2[C@@H]3C[C@H]4OC[C@@]5(CCC(=O)C=C45)[C@H]3CC[C@]2(C)[C@H]1C(C)=O. The number of hydrogen-bond acceptors (Lipinski definition) is 3. The molecule has 0 aromatic rings. The van der Waals surface area contributed by atoms with Crippen LogP contribution in [0.4, 0.5) is 0 Å².